The Kier molecular flexibility index (Phi) is 6.39. The number of aryl methyl sites for hydroxylation is 2. The third kappa shape index (κ3) is 4.58. The maximum atomic E-state index is 13.3. The molecule has 3 amide bonds. The third-order valence-electron chi connectivity index (χ3n) is 5.01. The number of amides is 3. The minimum atomic E-state index is -0.714. The van der Waals surface area contributed by atoms with E-state index in [1.807, 2.05) is 32.0 Å². The summed E-state index contributed by atoms with van der Waals surface area (Å²) >= 11 is 0. The lowest BCUT2D eigenvalue weighted by Gasteiger charge is -2.29. The van der Waals surface area contributed by atoms with E-state index in [1.54, 1.807) is 19.1 Å². The molecule has 164 valence electrons. The first-order valence-corrected chi connectivity index (χ1v) is 9.75. The molecule has 0 saturated heterocycles. The Morgan fingerprint density at radius 1 is 0.903 bits per heavy atom. The summed E-state index contributed by atoms with van der Waals surface area (Å²) in [6, 6.07) is 8.13. The number of allylic oxidation sites excluding steroid dienone is 1. The van der Waals surface area contributed by atoms with Crippen LogP contribution < -0.4 is 30.2 Å². The van der Waals surface area contributed by atoms with Crippen molar-refractivity contribution in [3.05, 3.63) is 58.3 Å². The van der Waals surface area contributed by atoms with E-state index in [0.717, 1.165) is 11.1 Å². The summed E-state index contributed by atoms with van der Waals surface area (Å²) in [5, 5.41) is 8.44. The van der Waals surface area contributed by atoms with E-state index >= 15 is 0 Å². The highest BCUT2D eigenvalue weighted by atomic mass is 16.5. The first-order valence-electron chi connectivity index (χ1n) is 9.75. The van der Waals surface area contributed by atoms with Crippen molar-refractivity contribution in [1.82, 2.24) is 10.6 Å². The highest BCUT2D eigenvalue weighted by Crippen LogP contribution is 2.41. The fourth-order valence-corrected chi connectivity index (χ4v) is 3.76. The molecule has 0 unspecified atom stereocenters. The number of carbonyl (C=O) groups is 2. The van der Waals surface area contributed by atoms with Crippen molar-refractivity contribution in [2.24, 2.45) is 0 Å². The first-order chi connectivity index (χ1) is 14.8. The lowest BCUT2D eigenvalue weighted by molar-refractivity contribution is -0.113. The van der Waals surface area contributed by atoms with Gasteiger partial charge >= 0.3 is 6.03 Å². The zero-order valence-electron chi connectivity index (χ0n) is 18.5. The molecule has 8 nitrogen and oxygen atoms in total. The van der Waals surface area contributed by atoms with Crippen LogP contribution in [0.1, 0.15) is 29.7 Å². The van der Waals surface area contributed by atoms with Crippen LogP contribution in [0.4, 0.5) is 10.5 Å². The molecule has 0 spiro atoms. The van der Waals surface area contributed by atoms with Crippen LogP contribution in [0.2, 0.25) is 0 Å². The van der Waals surface area contributed by atoms with Crippen LogP contribution in [0, 0.1) is 13.8 Å². The van der Waals surface area contributed by atoms with Crippen LogP contribution in [0.5, 0.6) is 17.2 Å². The van der Waals surface area contributed by atoms with Crippen molar-refractivity contribution in [2.45, 2.75) is 26.8 Å². The van der Waals surface area contributed by atoms with Gasteiger partial charge in [0.25, 0.3) is 5.91 Å². The van der Waals surface area contributed by atoms with Crippen molar-refractivity contribution in [3.8, 4) is 17.2 Å². The molecule has 1 aliphatic rings. The van der Waals surface area contributed by atoms with Gasteiger partial charge < -0.3 is 30.2 Å². The monoisotopic (exact) mass is 425 g/mol. The number of methoxy groups -OCH3 is 3. The summed E-state index contributed by atoms with van der Waals surface area (Å²) in [7, 11) is 4.53. The van der Waals surface area contributed by atoms with E-state index in [2.05, 4.69) is 16.0 Å². The molecule has 31 heavy (non-hydrogen) atoms. The molecule has 3 N–H and O–H groups in total. The molecule has 2 aromatic rings. The standard InChI is InChI=1S/C23H27N3O5/c1-12-7-13(2)9-16(8-12)25-22(27)19-14(3)24-23(28)26-20(19)15-10-17(29-4)21(31-6)18(11-15)30-5/h7-11,20H,1-6H3,(H,25,27)(H2,24,26,28)/t20-/m0/s1. The number of hydrogen-bond acceptors (Lipinski definition) is 5. The fourth-order valence-electron chi connectivity index (χ4n) is 3.76. The average Bonchev–Trinajstić information content (AvgIpc) is 2.70. The van der Waals surface area contributed by atoms with Crippen LogP contribution >= 0.6 is 0 Å². The normalized spacial score (nSPS) is 15.7. The van der Waals surface area contributed by atoms with Gasteiger partial charge in [0, 0.05) is 11.4 Å². The number of hydrogen-bond donors (Lipinski definition) is 3. The van der Waals surface area contributed by atoms with Crippen LogP contribution in [-0.4, -0.2) is 33.3 Å². The lowest BCUT2D eigenvalue weighted by atomic mass is 9.94. The van der Waals surface area contributed by atoms with E-state index in [9.17, 15) is 9.59 Å². The molecule has 0 bridgehead atoms. The van der Waals surface area contributed by atoms with E-state index in [-0.39, 0.29) is 5.91 Å². The molecular weight excluding hydrogens is 398 g/mol. The Bertz CT molecular complexity index is 1020. The Morgan fingerprint density at radius 3 is 2.00 bits per heavy atom. The summed E-state index contributed by atoms with van der Waals surface area (Å²) in [5.41, 5.74) is 4.23. The number of nitrogens with one attached hydrogen (secondary N) is 3. The Balaban J connectivity index is 2.05. The van der Waals surface area contributed by atoms with Crippen LogP contribution in [0.3, 0.4) is 0 Å². The number of rotatable bonds is 6. The van der Waals surface area contributed by atoms with Gasteiger partial charge in [-0.15, -0.1) is 0 Å². The highest BCUT2D eigenvalue weighted by molar-refractivity contribution is 6.06. The summed E-state index contributed by atoms with van der Waals surface area (Å²) in [6.07, 6.45) is 0. The molecular formula is C23H27N3O5. The van der Waals surface area contributed by atoms with Crippen molar-refractivity contribution in [2.75, 3.05) is 26.6 Å². The van der Waals surface area contributed by atoms with E-state index < -0.39 is 12.1 Å². The summed E-state index contributed by atoms with van der Waals surface area (Å²) in [6.45, 7) is 5.63. The molecule has 2 aromatic carbocycles. The quantitative estimate of drug-likeness (QED) is 0.657. The number of carbonyl (C=O) groups excluding carboxylic acids is 2. The molecule has 0 aliphatic carbocycles. The van der Waals surface area contributed by atoms with Gasteiger partial charge in [0.05, 0.1) is 32.9 Å². The molecule has 3 rings (SSSR count). The largest absolute Gasteiger partial charge is 0.493 e. The van der Waals surface area contributed by atoms with Crippen LogP contribution in [-0.2, 0) is 4.79 Å². The molecule has 1 heterocycles. The number of urea groups is 1. The SMILES string of the molecule is COc1cc([C@@H]2NC(=O)NC(C)=C2C(=O)Nc2cc(C)cc(C)c2)cc(OC)c1OC. The minimum absolute atomic E-state index is 0.325. The topological polar surface area (TPSA) is 97.9 Å². The molecule has 1 atom stereocenters. The smallest absolute Gasteiger partial charge is 0.319 e. The van der Waals surface area contributed by atoms with Gasteiger partial charge in [-0.05, 0) is 61.7 Å². The van der Waals surface area contributed by atoms with E-state index in [1.165, 1.54) is 21.3 Å². The predicted octanol–water partition coefficient (Wildman–Crippen LogP) is 3.60. The molecule has 0 saturated carbocycles. The fraction of sp³-hybridized carbons (Fsp3) is 0.304. The van der Waals surface area contributed by atoms with Crippen molar-refractivity contribution >= 4 is 17.6 Å². The summed E-state index contributed by atoms with van der Waals surface area (Å²) in [4.78, 5) is 25.5. The van der Waals surface area contributed by atoms with E-state index in [4.69, 9.17) is 14.2 Å². The van der Waals surface area contributed by atoms with Gasteiger partial charge in [-0.1, -0.05) is 6.07 Å². The number of ether oxygens (including phenoxy) is 3. The maximum Gasteiger partial charge on any atom is 0.319 e. The van der Waals surface area contributed by atoms with Crippen molar-refractivity contribution in [1.29, 1.82) is 0 Å². The van der Waals surface area contributed by atoms with Gasteiger partial charge in [-0.3, -0.25) is 4.79 Å². The van der Waals surface area contributed by atoms with Crippen molar-refractivity contribution in [3.63, 3.8) is 0 Å². The van der Waals surface area contributed by atoms with Gasteiger partial charge in [0.1, 0.15) is 0 Å². The summed E-state index contributed by atoms with van der Waals surface area (Å²) in [5.74, 6) is 0.956. The summed E-state index contributed by atoms with van der Waals surface area (Å²) < 4.78 is 16.2. The molecule has 0 aromatic heterocycles. The Hall–Kier alpha value is -3.68. The maximum absolute atomic E-state index is 13.3. The highest BCUT2D eigenvalue weighted by Gasteiger charge is 2.32. The van der Waals surface area contributed by atoms with Crippen molar-refractivity contribution < 1.29 is 23.8 Å². The van der Waals surface area contributed by atoms with Crippen LogP contribution in [0.15, 0.2) is 41.6 Å². The van der Waals surface area contributed by atoms with Crippen LogP contribution in [0.25, 0.3) is 0 Å². The zero-order chi connectivity index (χ0) is 22.7. The third-order valence-corrected chi connectivity index (χ3v) is 5.01. The second-order valence-corrected chi connectivity index (χ2v) is 7.36. The minimum Gasteiger partial charge on any atom is -0.493 e. The Labute approximate surface area is 181 Å². The molecule has 0 fully saturated rings. The van der Waals surface area contributed by atoms with Gasteiger partial charge in [-0.25, -0.2) is 4.79 Å². The number of benzene rings is 2. The van der Waals surface area contributed by atoms with Gasteiger partial charge in [0.2, 0.25) is 5.75 Å². The second-order valence-electron chi connectivity index (χ2n) is 7.36. The second kappa shape index (κ2) is 8.99. The lowest BCUT2D eigenvalue weighted by Crippen LogP contribution is -2.46. The van der Waals surface area contributed by atoms with Gasteiger partial charge in [0.15, 0.2) is 11.5 Å². The number of anilines is 1. The molecule has 8 heteroatoms. The first kappa shape index (κ1) is 22.0. The van der Waals surface area contributed by atoms with E-state index in [0.29, 0.717) is 39.8 Å². The molecule has 0 radical (unpaired) electrons. The average molecular weight is 425 g/mol. The predicted molar refractivity (Wildman–Crippen MR) is 118 cm³/mol. The zero-order valence-corrected chi connectivity index (χ0v) is 18.5. The van der Waals surface area contributed by atoms with Gasteiger partial charge in [-0.2, -0.15) is 0 Å². The Morgan fingerprint density at radius 2 is 1.48 bits per heavy atom. The molecule has 1 aliphatic heterocycles.